The van der Waals surface area contributed by atoms with Crippen LogP contribution in [0.3, 0.4) is 0 Å². The number of rotatable bonds is 8. The van der Waals surface area contributed by atoms with Crippen molar-refractivity contribution in [1.82, 2.24) is 10.2 Å². The second-order valence-electron chi connectivity index (χ2n) is 6.23. The Morgan fingerprint density at radius 2 is 2.11 bits per heavy atom. The van der Waals surface area contributed by atoms with Gasteiger partial charge in [0.1, 0.15) is 5.54 Å². The predicted octanol–water partition coefficient (Wildman–Crippen LogP) is 1.49. The minimum atomic E-state index is -0.443. The molecule has 0 bridgehead atoms. The van der Waals surface area contributed by atoms with Crippen LogP contribution in [0.2, 0.25) is 0 Å². The molecule has 2 rings (SSSR count). The van der Waals surface area contributed by atoms with Gasteiger partial charge in [0.2, 0.25) is 5.91 Å². The maximum absolute atomic E-state index is 11.8. The lowest BCUT2D eigenvalue weighted by Crippen LogP contribution is -2.56. The van der Waals surface area contributed by atoms with Gasteiger partial charge >= 0.3 is 0 Å². The van der Waals surface area contributed by atoms with E-state index in [1.165, 1.54) is 25.8 Å². The normalized spacial score (nSPS) is 31.0. The Labute approximate surface area is 117 Å². The van der Waals surface area contributed by atoms with Crippen LogP contribution in [-0.2, 0) is 4.79 Å². The quantitative estimate of drug-likeness (QED) is 0.700. The minimum absolute atomic E-state index is 0.161. The van der Waals surface area contributed by atoms with Crippen molar-refractivity contribution in [3.8, 4) is 0 Å². The van der Waals surface area contributed by atoms with Crippen LogP contribution >= 0.6 is 0 Å². The zero-order chi connectivity index (χ0) is 13.9. The average Bonchev–Trinajstić information content (AvgIpc) is 3.14. The zero-order valence-electron chi connectivity index (χ0n) is 12.5. The third-order valence-electron chi connectivity index (χ3n) is 5.05. The van der Waals surface area contributed by atoms with Crippen LogP contribution in [0.5, 0.6) is 0 Å². The van der Waals surface area contributed by atoms with E-state index in [0.717, 1.165) is 38.3 Å². The first kappa shape index (κ1) is 14.8. The number of hydrogen-bond acceptors (Lipinski definition) is 3. The van der Waals surface area contributed by atoms with Crippen molar-refractivity contribution in [3.05, 3.63) is 0 Å². The fraction of sp³-hybridized carbons (Fsp3) is 0.933. The van der Waals surface area contributed by atoms with E-state index >= 15 is 0 Å². The fourth-order valence-corrected chi connectivity index (χ4v) is 3.77. The molecule has 0 radical (unpaired) electrons. The van der Waals surface area contributed by atoms with E-state index in [-0.39, 0.29) is 5.91 Å². The summed E-state index contributed by atoms with van der Waals surface area (Å²) in [5.74, 6) is 0.249. The Bertz CT molecular complexity index is 317. The number of carbonyl (C=O) groups is 1. The molecule has 2 aliphatic rings. The van der Waals surface area contributed by atoms with E-state index in [9.17, 15) is 4.79 Å². The Morgan fingerprint density at radius 1 is 1.37 bits per heavy atom. The molecule has 0 aromatic heterocycles. The number of amides is 1. The van der Waals surface area contributed by atoms with Crippen molar-refractivity contribution >= 4 is 5.91 Å². The monoisotopic (exact) mass is 267 g/mol. The van der Waals surface area contributed by atoms with Crippen molar-refractivity contribution < 1.29 is 4.79 Å². The van der Waals surface area contributed by atoms with Gasteiger partial charge in [-0.3, -0.25) is 4.79 Å². The molecule has 2 aliphatic carbocycles. The van der Waals surface area contributed by atoms with Crippen LogP contribution in [0.25, 0.3) is 0 Å². The van der Waals surface area contributed by atoms with Gasteiger partial charge in [-0.05, 0) is 64.6 Å². The summed E-state index contributed by atoms with van der Waals surface area (Å²) in [6, 6.07) is 0.818. The van der Waals surface area contributed by atoms with Gasteiger partial charge in [0.05, 0.1) is 0 Å². The number of likely N-dealkylation sites (N-methyl/N-ethyl adjacent to an activating group) is 1. The second-order valence-corrected chi connectivity index (χ2v) is 6.23. The van der Waals surface area contributed by atoms with Crippen molar-refractivity contribution in [2.45, 2.75) is 63.5 Å². The molecular weight excluding hydrogens is 238 g/mol. The van der Waals surface area contributed by atoms with Crippen molar-refractivity contribution in [2.24, 2.45) is 11.7 Å². The van der Waals surface area contributed by atoms with Gasteiger partial charge in [-0.15, -0.1) is 0 Å². The summed E-state index contributed by atoms with van der Waals surface area (Å²) in [7, 11) is 1.88. The Balaban J connectivity index is 1.91. The van der Waals surface area contributed by atoms with Gasteiger partial charge in [0.15, 0.2) is 0 Å². The third-order valence-corrected chi connectivity index (χ3v) is 5.05. The number of nitrogens with zero attached hydrogens (tertiary/aromatic N) is 1. The number of hydrogen-bond donors (Lipinski definition) is 2. The van der Waals surface area contributed by atoms with Crippen molar-refractivity contribution in [3.63, 3.8) is 0 Å². The zero-order valence-corrected chi connectivity index (χ0v) is 12.5. The summed E-state index contributed by atoms with van der Waals surface area (Å²) < 4.78 is 0. The molecule has 2 atom stereocenters. The molecule has 4 nitrogen and oxygen atoms in total. The van der Waals surface area contributed by atoms with Gasteiger partial charge in [-0.2, -0.15) is 0 Å². The second kappa shape index (κ2) is 6.23. The molecule has 4 heteroatoms. The van der Waals surface area contributed by atoms with Gasteiger partial charge in [-0.1, -0.05) is 13.3 Å². The van der Waals surface area contributed by atoms with E-state index in [1.54, 1.807) is 0 Å². The van der Waals surface area contributed by atoms with E-state index in [1.807, 2.05) is 7.05 Å². The summed E-state index contributed by atoms with van der Waals surface area (Å²) in [6.45, 7) is 4.56. The fourth-order valence-electron chi connectivity index (χ4n) is 3.77. The molecule has 3 N–H and O–H groups in total. The molecule has 2 unspecified atom stereocenters. The highest BCUT2D eigenvalue weighted by Gasteiger charge is 2.46. The van der Waals surface area contributed by atoms with E-state index in [4.69, 9.17) is 5.73 Å². The van der Waals surface area contributed by atoms with Gasteiger partial charge in [0, 0.05) is 6.04 Å². The smallest absolute Gasteiger partial charge is 0.238 e. The molecular formula is C15H29N3O. The highest BCUT2D eigenvalue weighted by Crippen LogP contribution is 2.38. The number of nitrogens with one attached hydrogen (secondary N) is 1. The molecule has 0 spiro atoms. The van der Waals surface area contributed by atoms with E-state index < -0.39 is 5.54 Å². The Hall–Kier alpha value is -0.610. The first-order chi connectivity index (χ1) is 9.14. The maximum Gasteiger partial charge on any atom is 0.238 e. The van der Waals surface area contributed by atoms with E-state index in [0.29, 0.717) is 5.92 Å². The molecule has 2 fully saturated rings. The van der Waals surface area contributed by atoms with Gasteiger partial charge < -0.3 is 16.0 Å². The highest BCUT2D eigenvalue weighted by molar-refractivity contribution is 5.85. The molecule has 0 heterocycles. The molecule has 2 saturated carbocycles. The molecule has 0 aromatic carbocycles. The number of primary amides is 1. The number of nitrogens with two attached hydrogens (primary N) is 1. The Morgan fingerprint density at radius 3 is 2.63 bits per heavy atom. The summed E-state index contributed by atoms with van der Waals surface area (Å²) in [6.07, 6.45) is 8.19. The van der Waals surface area contributed by atoms with E-state index in [2.05, 4.69) is 17.1 Å². The Kier molecular flexibility index (Phi) is 4.85. The first-order valence-corrected chi connectivity index (χ1v) is 7.87. The van der Waals surface area contributed by atoms with Crippen LogP contribution in [0.1, 0.15) is 51.9 Å². The first-order valence-electron chi connectivity index (χ1n) is 7.87. The number of carbonyl (C=O) groups excluding carboxylic acids is 1. The lowest BCUT2D eigenvalue weighted by Gasteiger charge is -2.33. The molecule has 110 valence electrons. The van der Waals surface area contributed by atoms with Gasteiger partial charge in [0.25, 0.3) is 0 Å². The molecule has 19 heavy (non-hydrogen) atoms. The predicted molar refractivity (Wildman–Crippen MR) is 77.8 cm³/mol. The maximum atomic E-state index is 11.8. The summed E-state index contributed by atoms with van der Waals surface area (Å²) in [5.41, 5.74) is 5.21. The summed E-state index contributed by atoms with van der Waals surface area (Å²) in [4.78, 5) is 14.4. The SMILES string of the molecule is CCCN(CCC1CCCC1(NC)C(N)=O)C1CC1. The molecule has 1 amide bonds. The van der Waals surface area contributed by atoms with Crippen LogP contribution in [0.15, 0.2) is 0 Å². The standard InChI is InChI=1S/C15H29N3O/c1-3-10-18(13-6-7-13)11-8-12-5-4-9-15(12,17-2)14(16)19/h12-13,17H,3-11H2,1-2H3,(H2,16,19). The highest BCUT2D eigenvalue weighted by atomic mass is 16.1. The minimum Gasteiger partial charge on any atom is -0.368 e. The largest absolute Gasteiger partial charge is 0.368 e. The van der Waals surface area contributed by atoms with Crippen molar-refractivity contribution in [1.29, 1.82) is 0 Å². The van der Waals surface area contributed by atoms with Crippen LogP contribution in [0.4, 0.5) is 0 Å². The van der Waals surface area contributed by atoms with Gasteiger partial charge in [-0.25, -0.2) is 0 Å². The average molecular weight is 267 g/mol. The molecule has 0 saturated heterocycles. The summed E-state index contributed by atoms with van der Waals surface area (Å²) in [5, 5.41) is 3.23. The van der Waals surface area contributed by atoms with Crippen LogP contribution < -0.4 is 11.1 Å². The third kappa shape index (κ3) is 3.11. The molecule has 0 aliphatic heterocycles. The lowest BCUT2D eigenvalue weighted by molar-refractivity contribution is -0.125. The topological polar surface area (TPSA) is 58.4 Å². The van der Waals surface area contributed by atoms with Crippen molar-refractivity contribution in [2.75, 3.05) is 20.1 Å². The van der Waals surface area contributed by atoms with Crippen LogP contribution in [-0.4, -0.2) is 42.5 Å². The lowest BCUT2D eigenvalue weighted by atomic mass is 9.84. The molecule has 0 aromatic rings. The van der Waals surface area contributed by atoms with Crippen LogP contribution in [0, 0.1) is 5.92 Å². The summed E-state index contributed by atoms with van der Waals surface area (Å²) >= 11 is 0.